The van der Waals surface area contributed by atoms with Crippen molar-refractivity contribution < 1.29 is 22.0 Å². The van der Waals surface area contributed by atoms with Gasteiger partial charge in [-0.3, -0.25) is 4.79 Å². The van der Waals surface area contributed by atoms with Crippen molar-refractivity contribution in [3.63, 3.8) is 0 Å². The molecule has 10 heteroatoms. The third-order valence-corrected chi connectivity index (χ3v) is 6.99. The van der Waals surface area contributed by atoms with Gasteiger partial charge in [0.15, 0.2) is 15.0 Å². The summed E-state index contributed by atoms with van der Waals surface area (Å²) in [7, 11) is -3.40. The second-order valence-electron chi connectivity index (χ2n) is 6.75. The molecule has 1 fully saturated rings. The van der Waals surface area contributed by atoms with Gasteiger partial charge in [-0.15, -0.1) is 0 Å². The Bertz CT molecular complexity index is 1180. The first kappa shape index (κ1) is 19.7. The molecule has 0 unspecified atom stereocenters. The zero-order valence-corrected chi connectivity index (χ0v) is 17.1. The van der Waals surface area contributed by atoms with Crippen LogP contribution in [0.1, 0.15) is 10.4 Å². The van der Waals surface area contributed by atoms with E-state index in [0.717, 1.165) is 23.1 Å². The number of nitrogens with zero attached hydrogens (tertiary/aromatic N) is 3. The number of para-hydroxylation sites is 1. The number of hydrogen-bond donors (Lipinski definition) is 0. The quantitative estimate of drug-likeness (QED) is 0.630. The van der Waals surface area contributed by atoms with Gasteiger partial charge in [-0.2, -0.15) is 0 Å². The van der Waals surface area contributed by atoms with Crippen LogP contribution >= 0.6 is 11.3 Å². The molecule has 1 amide bonds. The molecule has 4 rings (SSSR count). The van der Waals surface area contributed by atoms with Crippen LogP contribution in [-0.2, 0) is 9.84 Å². The van der Waals surface area contributed by atoms with Crippen LogP contribution in [0.4, 0.5) is 13.9 Å². The molecule has 0 radical (unpaired) electrons. The summed E-state index contributed by atoms with van der Waals surface area (Å²) in [5.74, 6) is -2.43. The number of halogens is 2. The van der Waals surface area contributed by atoms with Gasteiger partial charge >= 0.3 is 0 Å². The summed E-state index contributed by atoms with van der Waals surface area (Å²) < 4.78 is 52.5. The van der Waals surface area contributed by atoms with Crippen molar-refractivity contribution in [1.29, 1.82) is 0 Å². The lowest BCUT2D eigenvalue weighted by Gasteiger charge is -2.34. The summed E-state index contributed by atoms with van der Waals surface area (Å²) in [4.78, 5) is 20.6. The van der Waals surface area contributed by atoms with Crippen LogP contribution in [0.2, 0.25) is 0 Å². The smallest absolute Gasteiger partial charge is 0.259 e. The van der Waals surface area contributed by atoms with Crippen molar-refractivity contribution in [3.05, 3.63) is 53.6 Å². The minimum absolute atomic E-state index is 0.182. The summed E-state index contributed by atoms with van der Waals surface area (Å²) in [5, 5.41) is 0.653. The minimum Gasteiger partial charge on any atom is -0.345 e. The Kier molecular flexibility index (Phi) is 4.99. The standard InChI is InChI=1S/C19H17F2N3O3S2/c1-29(26,27)15-7-3-6-14-17(15)22-19(28-14)24-10-8-23(9-11-24)18(25)16-12(20)4-2-5-13(16)21/h2-7H,8-11H2,1H3. The molecule has 0 saturated carbocycles. The number of carbonyl (C=O) groups excluding carboxylic acids is 1. The third kappa shape index (κ3) is 3.69. The lowest BCUT2D eigenvalue weighted by atomic mass is 10.1. The maximum Gasteiger partial charge on any atom is 0.259 e. The molecule has 0 atom stereocenters. The topological polar surface area (TPSA) is 70.6 Å². The average Bonchev–Trinajstić information content (AvgIpc) is 3.11. The maximum absolute atomic E-state index is 13.9. The van der Waals surface area contributed by atoms with E-state index in [1.165, 1.54) is 28.4 Å². The van der Waals surface area contributed by atoms with Gasteiger partial charge in [-0.1, -0.05) is 23.5 Å². The van der Waals surface area contributed by atoms with Crippen LogP contribution in [0, 0.1) is 11.6 Å². The number of rotatable bonds is 3. The van der Waals surface area contributed by atoms with Crippen LogP contribution in [0.15, 0.2) is 41.3 Å². The fourth-order valence-electron chi connectivity index (χ4n) is 3.31. The Morgan fingerprint density at radius 1 is 1.03 bits per heavy atom. The summed E-state index contributed by atoms with van der Waals surface area (Å²) in [6, 6.07) is 8.37. The highest BCUT2D eigenvalue weighted by molar-refractivity contribution is 7.91. The van der Waals surface area contributed by atoms with Crippen molar-refractivity contribution in [1.82, 2.24) is 9.88 Å². The largest absolute Gasteiger partial charge is 0.345 e. The lowest BCUT2D eigenvalue weighted by molar-refractivity contribution is 0.0737. The molecule has 29 heavy (non-hydrogen) atoms. The molecule has 152 valence electrons. The fourth-order valence-corrected chi connectivity index (χ4v) is 5.25. The Hall–Kier alpha value is -2.59. The highest BCUT2D eigenvalue weighted by Gasteiger charge is 2.28. The molecule has 1 aliphatic heterocycles. The Balaban J connectivity index is 1.54. The summed E-state index contributed by atoms with van der Waals surface area (Å²) in [6.07, 6.45) is 1.15. The first-order chi connectivity index (χ1) is 13.8. The van der Waals surface area contributed by atoms with Gasteiger partial charge in [-0.05, 0) is 24.3 Å². The number of sulfone groups is 1. The predicted molar refractivity (Wildman–Crippen MR) is 107 cm³/mol. The molecule has 0 spiro atoms. The van der Waals surface area contributed by atoms with E-state index in [4.69, 9.17) is 0 Å². The van der Waals surface area contributed by atoms with Gasteiger partial charge < -0.3 is 9.80 Å². The van der Waals surface area contributed by atoms with Gasteiger partial charge in [-0.25, -0.2) is 22.2 Å². The van der Waals surface area contributed by atoms with Crippen LogP contribution in [0.25, 0.3) is 10.2 Å². The number of carbonyl (C=O) groups is 1. The highest BCUT2D eigenvalue weighted by atomic mass is 32.2. The SMILES string of the molecule is CS(=O)(=O)c1cccc2sc(N3CCN(C(=O)c4c(F)cccc4F)CC3)nc12. The number of piperazine rings is 1. The van der Waals surface area contributed by atoms with Crippen LogP contribution in [-0.4, -0.2) is 56.6 Å². The molecule has 3 aromatic rings. The number of benzene rings is 2. The molecular weight excluding hydrogens is 420 g/mol. The van der Waals surface area contributed by atoms with Gasteiger partial charge in [0.2, 0.25) is 0 Å². The van der Waals surface area contributed by atoms with Crippen molar-refractivity contribution >= 4 is 42.4 Å². The number of anilines is 1. The zero-order valence-electron chi connectivity index (χ0n) is 15.4. The molecule has 1 aromatic heterocycles. The Morgan fingerprint density at radius 3 is 2.28 bits per heavy atom. The molecule has 6 nitrogen and oxygen atoms in total. The van der Waals surface area contributed by atoms with E-state index >= 15 is 0 Å². The van der Waals surface area contributed by atoms with Gasteiger partial charge in [0.05, 0.1) is 9.60 Å². The molecule has 2 heterocycles. The second kappa shape index (κ2) is 7.34. The van der Waals surface area contributed by atoms with E-state index in [9.17, 15) is 22.0 Å². The molecule has 1 aliphatic rings. The van der Waals surface area contributed by atoms with Gasteiger partial charge in [0, 0.05) is 32.4 Å². The fraction of sp³-hybridized carbons (Fsp3) is 0.263. The first-order valence-electron chi connectivity index (χ1n) is 8.83. The number of aromatic nitrogens is 1. The van der Waals surface area contributed by atoms with E-state index in [2.05, 4.69) is 4.98 Å². The van der Waals surface area contributed by atoms with E-state index in [1.807, 2.05) is 11.0 Å². The number of hydrogen-bond acceptors (Lipinski definition) is 6. The van der Waals surface area contributed by atoms with Crippen molar-refractivity contribution in [3.8, 4) is 0 Å². The third-order valence-electron chi connectivity index (χ3n) is 4.78. The Labute approximate surface area is 170 Å². The molecule has 0 N–H and O–H groups in total. The van der Waals surface area contributed by atoms with E-state index in [-0.39, 0.29) is 18.0 Å². The molecule has 1 saturated heterocycles. The summed E-state index contributed by atoms with van der Waals surface area (Å²) in [5.41, 5.74) is -0.110. The predicted octanol–water partition coefficient (Wildman–Crippen LogP) is 2.94. The van der Waals surface area contributed by atoms with E-state index in [0.29, 0.717) is 23.7 Å². The maximum atomic E-state index is 13.9. The monoisotopic (exact) mass is 437 g/mol. The van der Waals surface area contributed by atoms with Crippen molar-refractivity contribution in [2.75, 3.05) is 37.3 Å². The van der Waals surface area contributed by atoms with Crippen molar-refractivity contribution in [2.24, 2.45) is 0 Å². The molecule has 0 aliphatic carbocycles. The van der Waals surface area contributed by atoms with Gasteiger partial charge in [0.1, 0.15) is 22.7 Å². The van der Waals surface area contributed by atoms with E-state index in [1.54, 1.807) is 6.07 Å². The van der Waals surface area contributed by atoms with Crippen LogP contribution in [0.5, 0.6) is 0 Å². The molecular formula is C19H17F2N3O3S2. The van der Waals surface area contributed by atoms with Crippen LogP contribution in [0.3, 0.4) is 0 Å². The van der Waals surface area contributed by atoms with Gasteiger partial charge in [0.25, 0.3) is 5.91 Å². The first-order valence-corrected chi connectivity index (χ1v) is 11.5. The number of thiazole rings is 1. The second-order valence-corrected chi connectivity index (χ2v) is 9.74. The van der Waals surface area contributed by atoms with Crippen LogP contribution < -0.4 is 4.90 Å². The van der Waals surface area contributed by atoms with E-state index < -0.39 is 32.9 Å². The normalized spacial score (nSPS) is 15.1. The summed E-state index contributed by atoms with van der Waals surface area (Å²) in [6.45, 7) is 1.41. The minimum atomic E-state index is -3.40. The number of amides is 1. The highest BCUT2D eigenvalue weighted by Crippen LogP contribution is 2.33. The average molecular weight is 437 g/mol. The van der Waals surface area contributed by atoms with Crippen molar-refractivity contribution in [2.45, 2.75) is 4.90 Å². The molecule has 2 aromatic carbocycles. The number of fused-ring (bicyclic) bond motifs is 1. The molecule has 0 bridgehead atoms. The zero-order chi connectivity index (χ0) is 20.8. The lowest BCUT2D eigenvalue weighted by Crippen LogP contribution is -2.49. The Morgan fingerprint density at radius 2 is 1.66 bits per heavy atom. The summed E-state index contributed by atoms with van der Waals surface area (Å²) >= 11 is 1.37.